The summed E-state index contributed by atoms with van der Waals surface area (Å²) in [7, 11) is 0. The lowest BCUT2D eigenvalue weighted by molar-refractivity contribution is 0.351. The molecular weight excluding hydrogens is 315 g/mol. The number of hydrogen-bond acceptors (Lipinski definition) is 6. The molecule has 1 aliphatic heterocycles. The van der Waals surface area contributed by atoms with Gasteiger partial charge in [0.25, 0.3) is 0 Å². The van der Waals surface area contributed by atoms with E-state index in [0.29, 0.717) is 18.1 Å². The van der Waals surface area contributed by atoms with Crippen LogP contribution in [0.3, 0.4) is 0 Å². The molecule has 1 saturated heterocycles. The molecule has 3 aromatic rings. The zero-order chi connectivity index (χ0) is 15.6. The van der Waals surface area contributed by atoms with Crippen molar-refractivity contribution in [3.8, 4) is 0 Å². The molecule has 1 aromatic carbocycles. The van der Waals surface area contributed by atoms with Gasteiger partial charge in [0.05, 0.1) is 0 Å². The minimum absolute atomic E-state index is 0.0786. The van der Waals surface area contributed by atoms with E-state index in [0.717, 1.165) is 30.1 Å². The Balaban J connectivity index is 1.53. The van der Waals surface area contributed by atoms with Crippen molar-refractivity contribution >= 4 is 16.5 Å². The molecule has 0 amide bonds. The lowest BCUT2D eigenvalue weighted by atomic mass is 10.1. The fraction of sp³-hybridized carbons (Fsp3) is 0.312. The van der Waals surface area contributed by atoms with E-state index in [1.807, 2.05) is 11.4 Å². The van der Waals surface area contributed by atoms with Crippen molar-refractivity contribution in [3.63, 3.8) is 0 Å². The van der Waals surface area contributed by atoms with Crippen LogP contribution in [0, 0.1) is 5.82 Å². The molecule has 3 heterocycles. The van der Waals surface area contributed by atoms with Gasteiger partial charge in [-0.15, -0.1) is 11.3 Å². The summed E-state index contributed by atoms with van der Waals surface area (Å²) in [6, 6.07) is 6.54. The molecule has 4 rings (SSSR count). The van der Waals surface area contributed by atoms with E-state index >= 15 is 0 Å². The van der Waals surface area contributed by atoms with Crippen LogP contribution >= 0.6 is 11.3 Å². The second-order valence-corrected chi connectivity index (χ2v) is 6.39. The minimum atomic E-state index is -0.253. The maximum atomic E-state index is 13.3. The maximum Gasteiger partial charge on any atom is 0.249 e. The molecule has 0 spiro atoms. The minimum Gasteiger partial charge on any atom is -0.337 e. The average molecular weight is 330 g/mol. The smallest absolute Gasteiger partial charge is 0.249 e. The zero-order valence-electron chi connectivity index (χ0n) is 12.4. The van der Waals surface area contributed by atoms with Crippen molar-refractivity contribution < 1.29 is 8.91 Å². The largest absolute Gasteiger partial charge is 0.337 e. The Hall–Kier alpha value is -2.28. The first-order valence-corrected chi connectivity index (χ1v) is 8.40. The summed E-state index contributed by atoms with van der Waals surface area (Å²) in [5.74, 6) is 0.942. The number of hydrogen-bond donors (Lipinski definition) is 0. The number of rotatable bonds is 4. The molecule has 1 atom stereocenters. The highest BCUT2D eigenvalue weighted by Crippen LogP contribution is 2.36. The van der Waals surface area contributed by atoms with Gasteiger partial charge in [-0.05, 0) is 30.5 Å². The molecular formula is C16H15FN4OS. The zero-order valence-corrected chi connectivity index (χ0v) is 13.2. The average Bonchev–Trinajstić information content (AvgIpc) is 3.28. The second kappa shape index (κ2) is 6.08. The van der Waals surface area contributed by atoms with Crippen molar-refractivity contribution in [2.24, 2.45) is 0 Å². The maximum absolute atomic E-state index is 13.3. The molecule has 0 N–H and O–H groups in total. The highest BCUT2D eigenvalue weighted by Gasteiger charge is 2.32. The lowest BCUT2D eigenvalue weighted by Gasteiger charge is -2.20. The van der Waals surface area contributed by atoms with Gasteiger partial charge in [-0.3, -0.25) is 0 Å². The van der Waals surface area contributed by atoms with Gasteiger partial charge in [0, 0.05) is 24.5 Å². The van der Waals surface area contributed by atoms with E-state index in [-0.39, 0.29) is 11.9 Å². The van der Waals surface area contributed by atoms with Crippen LogP contribution in [0.4, 0.5) is 9.52 Å². The fourth-order valence-corrected chi connectivity index (χ4v) is 3.63. The molecule has 2 aromatic heterocycles. The van der Waals surface area contributed by atoms with Crippen LogP contribution in [-0.2, 0) is 6.42 Å². The summed E-state index contributed by atoms with van der Waals surface area (Å²) in [6.45, 7) is 0.944. The Bertz CT molecular complexity index is 789. The van der Waals surface area contributed by atoms with Gasteiger partial charge in [0.15, 0.2) is 11.0 Å². The Morgan fingerprint density at radius 1 is 1.39 bits per heavy atom. The molecule has 0 saturated carbocycles. The number of nitrogens with zero attached hydrogens (tertiary/aromatic N) is 4. The quantitative estimate of drug-likeness (QED) is 0.731. The van der Waals surface area contributed by atoms with Crippen LogP contribution in [-0.4, -0.2) is 21.7 Å². The van der Waals surface area contributed by atoms with Crippen LogP contribution in [0.2, 0.25) is 0 Å². The predicted octanol–water partition coefficient (Wildman–Crippen LogP) is 3.60. The number of thiazole rings is 1. The number of halogens is 1. The predicted molar refractivity (Wildman–Crippen MR) is 84.9 cm³/mol. The normalized spacial score (nSPS) is 17.8. The molecule has 1 unspecified atom stereocenters. The summed E-state index contributed by atoms with van der Waals surface area (Å²) in [6.07, 6.45) is 4.32. The monoisotopic (exact) mass is 330 g/mol. The van der Waals surface area contributed by atoms with E-state index in [1.165, 1.54) is 12.1 Å². The Morgan fingerprint density at radius 3 is 3.17 bits per heavy atom. The first kappa shape index (κ1) is 14.3. The van der Waals surface area contributed by atoms with Crippen LogP contribution in [0.1, 0.15) is 36.2 Å². The van der Waals surface area contributed by atoms with Gasteiger partial charge in [-0.2, -0.15) is 4.98 Å². The van der Waals surface area contributed by atoms with Crippen LogP contribution in [0.5, 0.6) is 0 Å². The molecule has 1 fully saturated rings. The van der Waals surface area contributed by atoms with Crippen LogP contribution < -0.4 is 4.90 Å². The molecule has 0 bridgehead atoms. The third kappa shape index (κ3) is 2.96. The van der Waals surface area contributed by atoms with Gasteiger partial charge in [0.2, 0.25) is 5.89 Å². The molecule has 23 heavy (non-hydrogen) atoms. The molecule has 0 radical (unpaired) electrons. The third-order valence-electron chi connectivity index (χ3n) is 3.94. The van der Waals surface area contributed by atoms with Crippen LogP contribution in [0.25, 0.3) is 0 Å². The van der Waals surface area contributed by atoms with E-state index in [4.69, 9.17) is 4.52 Å². The van der Waals surface area contributed by atoms with E-state index in [9.17, 15) is 4.39 Å². The van der Waals surface area contributed by atoms with E-state index in [1.54, 1.807) is 23.6 Å². The Labute approximate surface area is 136 Å². The summed E-state index contributed by atoms with van der Waals surface area (Å²) in [4.78, 5) is 11.1. The van der Waals surface area contributed by atoms with Crippen molar-refractivity contribution in [3.05, 3.63) is 58.9 Å². The van der Waals surface area contributed by atoms with Crippen molar-refractivity contribution in [2.75, 3.05) is 11.4 Å². The van der Waals surface area contributed by atoms with Gasteiger partial charge in [0.1, 0.15) is 11.9 Å². The van der Waals surface area contributed by atoms with Gasteiger partial charge in [-0.25, -0.2) is 9.37 Å². The van der Waals surface area contributed by atoms with E-state index < -0.39 is 0 Å². The molecule has 7 heteroatoms. The summed E-state index contributed by atoms with van der Waals surface area (Å²) in [5.41, 5.74) is 0.834. The SMILES string of the molecule is Fc1cccc(Cc2noc(C3CCCN3c3nccs3)n2)c1. The molecule has 118 valence electrons. The molecule has 0 aliphatic carbocycles. The first-order valence-electron chi connectivity index (χ1n) is 7.52. The third-order valence-corrected chi connectivity index (χ3v) is 4.75. The topological polar surface area (TPSA) is 55.1 Å². The number of aromatic nitrogens is 3. The first-order chi connectivity index (χ1) is 11.3. The van der Waals surface area contributed by atoms with Gasteiger partial charge in [-0.1, -0.05) is 17.3 Å². The summed E-state index contributed by atoms with van der Waals surface area (Å²) < 4.78 is 18.7. The molecule has 1 aliphatic rings. The fourth-order valence-electron chi connectivity index (χ4n) is 2.91. The highest BCUT2D eigenvalue weighted by atomic mass is 32.1. The van der Waals surface area contributed by atoms with Crippen LogP contribution in [0.15, 0.2) is 40.4 Å². The Kier molecular flexibility index (Phi) is 3.78. The number of benzene rings is 1. The van der Waals surface area contributed by atoms with Crippen molar-refractivity contribution in [1.29, 1.82) is 0 Å². The lowest BCUT2D eigenvalue weighted by Crippen LogP contribution is -2.22. The highest BCUT2D eigenvalue weighted by molar-refractivity contribution is 7.13. The standard InChI is InChI=1S/C16H15FN4OS/c17-12-4-1-3-11(9-12)10-14-19-15(22-20-14)13-5-2-7-21(13)16-18-6-8-23-16/h1,3-4,6,8-9,13H,2,5,7,10H2. The molecule has 5 nitrogen and oxygen atoms in total. The second-order valence-electron chi connectivity index (χ2n) is 5.52. The van der Waals surface area contributed by atoms with Crippen molar-refractivity contribution in [1.82, 2.24) is 15.1 Å². The summed E-state index contributed by atoms with van der Waals surface area (Å²) >= 11 is 1.61. The summed E-state index contributed by atoms with van der Waals surface area (Å²) in [5, 5.41) is 7.00. The van der Waals surface area contributed by atoms with E-state index in [2.05, 4.69) is 20.0 Å². The van der Waals surface area contributed by atoms with Crippen molar-refractivity contribution in [2.45, 2.75) is 25.3 Å². The van der Waals surface area contributed by atoms with Gasteiger partial charge < -0.3 is 9.42 Å². The Morgan fingerprint density at radius 2 is 2.35 bits per heavy atom. The number of anilines is 1. The van der Waals surface area contributed by atoms with Gasteiger partial charge >= 0.3 is 0 Å².